The van der Waals surface area contributed by atoms with Gasteiger partial charge < -0.3 is 15.1 Å². The topological polar surface area (TPSA) is 65.0 Å². The average molecular weight is 330 g/mol. The van der Waals surface area contributed by atoms with Crippen LogP contribution in [0.15, 0.2) is 4.99 Å². The van der Waals surface area contributed by atoms with Crippen molar-refractivity contribution in [3.8, 4) is 0 Å². The fourth-order valence-electron chi connectivity index (χ4n) is 3.14. The molecule has 0 bridgehead atoms. The zero-order valence-electron chi connectivity index (χ0n) is 14.3. The van der Waals surface area contributed by atoms with E-state index in [9.17, 15) is 8.42 Å². The minimum atomic E-state index is -3.01. The molecule has 2 aliphatic rings. The smallest absolute Gasteiger partial charge is 0.194 e. The molecular weight excluding hydrogens is 300 g/mol. The van der Waals surface area contributed by atoms with Crippen LogP contribution in [0.3, 0.4) is 0 Å². The van der Waals surface area contributed by atoms with Gasteiger partial charge in [-0.2, -0.15) is 0 Å². The van der Waals surface area contributed by atoms with Gasteiger partial charge in [0.15, 0.2) is 15.8 Å². The number of hydrogen-bond acceptors (Lipinski definition) is 4. The largest absolute Gasteiger partial charge is 0.357 e. The van der Waals surface area contributed by atoms with Gasteiger partial charge in [0.1, 0.15) is 0 Å². The molecule has 2 saturated heterocycles. The lowest BCUT2D eigenvalue weighted by molar-refractivity contribution is 0.351. The normalized spacial score (nSPS) is 28.8. The first kappa shape index (κ1) is 17.5. The minimum absolute atomic E-state index is 0.205. The second-order valence-electron chi connectivity index (χ2n) is 7.11. The molecule has 6 nitrogen and oxygen atoms in total. The zero-order valence-corrected chi connectivity index (χ0v) is 15.1. The third-order valence-corrected chi connectivity index (χ3v) is 7.20. The molecule has 0 aromatic carbocycles. The van der Waals surface area contributed by atoms with Crippen LogP contribution >= 0.6 is 0 Å². The lowest BCUT2D eigenvalue weighted by atomic mass is 10.1. The van der Waals surface area contributed by atoms with Crippen molar-refractivity contribution in [1.82, 2.24) is 15.1 Å². The van der Waals surface area contributed by atoms with E-state index in [1.54, 1.807) is 0 Å². The van der Waals surface area contributed by atoms with E-state index in [1.807, 2.05) is 20.8 Å². The quantitative estimate of drug-likeness (QED) is 0.600. The summed E-state index contributed by atoms with van der Waals surface area (Å²) in [5.41, 5.74) is 0. The Balaban J connectivity index is 2.04. The molecule has 0 radical (unpaired) electrons. The second-order valence-corrected chi connectivity index (χ2v) is 9.85. The van der Waals surface area contributed by atoms with Gasteiger partial charge in [0.05, 0.1) is 10.5 Å². The Morgan fingerprint density at radius 1 is 1.36 bits per heavy atom. The van der Waals surface area contributed by atoms with Crippen molar-refractivity contribution >= 4 is 15.8 Å². The van der Waals surface area contributed by atoms with Crippen LogP contribution in [0.5, 0.6) is 0 Å². The molecular formula is C15H30N4O2S. The van der Waals surface area contributed by atoms with Crippen molar-refractivity contribution in [2.75, 3.05) is 52.1 Å². The molecule has 0 spiro atoms. The molecule has 1 unspecified atom stereocenters. The van der Waals surface area contributed by atoms with Crippen LogP contribution in [0.25, 0.3) is 0 Å². The van der Waals surface area contributed by atoms with Crippen LogP contribution < -0.4 is 5.32 Å². The van der Waals surface area contributed by atoms with Crippen molar-refractivity contribution < 1.29 is 8.42 Å². The van der Waals surface area contributed by atoms with Crippen molar-refractivity contribution in [2.24, 2.45) is 10.9 Å². The van der Waals surface area contributed by atoms with Crippen molar-refractivity contribution in [1.29, 1.82) is 0 Å². The predicted octanol–water partition coefficient (Wildman–Crippen LogP) is 0.413. The van der Waals surface area contributed by atoms with Gasteiger partial charge in [-0.1, -0.05) is 0 Å². The number of hydrogen-bond donors (Lipinski definition) is 1. The number of rotatable bonds is 3. The first-order valence-corrected chi connectivity index (χ1v) is 9.84. The Labute approximate surface area is 134 Å². The third kappa shape index (κ3) is 3.93. The summed E-state index contributed by atoms with van der Waals surface area (Å²) in [6.45, 7) is 10.6. The SMILES string of the molecule is CCNC(=NCC1CCN(C)C1)N1CCS(=O)(=O)C(C)(C)C1. The molecule has 0 amide bonds. The Kier molecular flexibility index (Phi) is 5.37. The first-order chi connectivity index (χ1) is 10.2. The molecule has 22 heavy (non-hydrogen) atoms. The number of sulfone groups is 1. The molecule has 2 rings (SSSR count). The summed E-state index contributed by atoms with van der Waals surface area (Å²) in [5.74, 6) is 1.68. The summed E-state index contributed by atoms with van der Waals surface area (Å²) in [6.07, 6.45) is 1.19. The first-order valence-electron chi connectivity index (χ1n) is 8.19. The van der Waals surface area contributed by atoms with E-state index in [-0.39, 0.29) is 5.75 Å². The van der Waals surface area contributed by atoms with Gasteiger partial charge in [-0.3, -0.25) is 4.99 Å². The summed E-state index contributed by atoms with van der Waals surface area (Å²) < 4.78 is 23.6. The molecule has 0 saturated carbocycles. The summed E-state index contributed by atoms with van der Waals surface area (Å²) in [6, 6.07) is 0. The van der Waals surface area contributed by atoms with E-state index in [0.717, 1.165) is 32.1 Å². The maximum Gasteiger partial charge on any atom is 0.194 e. The highest BCUT2D eigenvalue weighted by molar-refractivity contribution is 7.92. The third-order valence-electron chi connectivity index (χ3n) is 4.67. The number of likely N-dealkylation sites (tertiary alicyclic amines) is 1. The zero-order chi connectivity index (χ0) is 16.4. The van der Waals surface area contributed by atoms with E-state index in [2.05, 4.69) is 22.2 Å². The van der Waals surface area contributed by atoms with Crippen LogP contribution in [-0.2, 0) is 9.84 Å². The van der Waals surface area contributed by atoms with E-state index in [1.165, 1.54) is 6.42 Å². The Morgan fingerprint density at radius 2 is 2.09 bits per heavy atom. The van der Waals surface area contributed by atoms with Crippen LogP contribution in [0.2, 0.25) is 0 Å². The number of nitrogens with zero attached hydrogens (tertiary/aromatic N) is 3. The van der Waals surface area contributed by atoms with Gasteiger partial charge in [0.2, 0.25) is 0 Å². The van der Waals surface area contributed by atoms with Crippen LogP contribution in [0, 0.1) is 5.92 Å². The van der Waals surface area contributed by atoms with Crippen molar-refractivity contribution in [2.45, 2.75) is 31.9 Å². The minimum Gasteiger partial charge on any atom is -0.357 e. The lowest BCUT2D eigenvalue weighted by Gasteiger charge is -2.39. The van der Waals surface area contributed by atoms with Crippen LogP contribution in [-0.4, -0.2) is 81.0 Å². The predicted molar refractivity (Wildman–Crippen MR) is 91.0 cm³/mol. The summed E-state index contributed by atoms with van der Waals surface area (Å²) in [4.78, 5) is 9.21. The highest BCUT2D eigenvalue weighted by Crippen LogP contribution is 2.24. The molecule has 2 heterocycles. The average Bonchev–Trinajstić information content (AvgIpc) is 2.84. The van der Waals surface area contributed by atoms with Gasteiger partial charge in [0, 0.05) is 32.7 Å². The molecule has 0 aromatic rings. The molecule has 2 fully saturated rings. The van der Waals surface area contributed by atoms with Crippen molar-refractivity contribution in [3.63, 3.8) is 0 Å². The Bertz CT molecular complexity index is 516. The maximum absolute atomic E-state index is 12.1. The second kappa shape index (κ2) is 6.74. The monoisotopic (exact) mass is 330 g/mol. The lowest BCUT2D eigenvalue weighted by Crippen LogP contribution is -2.57. The Hall–Kier alpha value is -0.820. The van der Waals surface area contributed by atoms with Gasteiger partial charge in [-0.05, 0) is 46.7 Å². The van der Waals surface area contributed by atoms with Crippen LogP contribution in [0.4, 0.5) is 0 Å². The maximum atomic E-state index is 12.1. The van der Waals surface area contributed by atoms with Gasteiger partial charge in [-0.15, -0.1) is 0 Å². The van der Waals surface area contributed by atoms with E-state index < -0.39 is 14.6 Å². The van der Waals surface area contributed by atoms with Crippen molar-refractivity contribution in [3.05, 3.63) is 0 Å². The summed E-state index contributed by atoms with van der Waals surface area (Å²) in [7, 11) is -0.866. The van der Waals surface area contributed by atoms with Gasteiger partial charge >= 0.3 is 0 Å². The summed E-state index contributed by atoms with van der Waals surface area (Å²) >= 11 is 0. The molecule has 2 aliphatic heterocycles. The van der Waals surface area contributed by atoms with E-state index in [0.29, 0.717) is 19.0 Å². The molecule has 1 atom stereocenters. The molecule has 7 heteroatoms. The highest BCUT2D eigenvalue weighted by Gasteiger charge is 2.41. The number of aliphatic imine (C=N–C) groups is 1. The molecule has 0 aliphatic carbocycles. The number of guanidine groups is 1. The number of nitrogens with one attached hydrogen (secondary N) is 1. The standard InChI is InChI=1S/C15H30N4O2S/c1-5-16-14(17-10-13-6-7-18(4)11-13)19-8-9-22(20,21)15(2,3)12-19/h13H,5-12H2,1-4H3,(H,16,17). The van der Waals surface area contributed by atoms with E-state index >= 15 is 0 Å². The molecule has 128 valence electrons. The highest BCUT2D eigenvalue weighted by atomic mass is 32.2. The van der Waals surface area contributed by atoms with Gasteiger partial charge in [0.25, 0.3) is 0 Å². The van der Waals surface area contributed by atoms with E-state index in [4.69, 9.17) is 4.99 Å². The van der Waals surface area contributed by atoms with Gasteiger partial charge in [-0.25, -0.2) is 8.42 Å². The Morgan fingerprint density at radius 3 is 2.64 bits per heavy atom. The summed E-state index contributed by atoms with van der Waals surface area (Å²) in [5, 5.41) is 3.32. The fourth-order valence-corrected chi connectivity index (χ4v) is 4.51. The fraction of sp³-hybridized carbons (Fsp3) is 0.933. The molecule has 0 aromatic heterocycles. The van der Waals surface area contributed by atoms with Crippen LogP contribution in [0.1, 0.15) is 27.2 Å². The molecule has 1 N–H and O–H groups in total.